The lowest BCUT2D eigenvalue weighted by Crippen LogP contribution is -2.58. The first-order chi connectivity index (χ1) is 34.0. The normalized spacial score (nSPS) is 17.8. The van der Waals surface area contributed by atoms with Crippen LogP contribution in [-0.4, -0.2) is 41.9 Å². The predicted octanol–water partition coefficient (Wildman–Crippen LogP) is 10.9. The molecule has 1 aliphatic heterocycles. The number of hydrogen-bond donors (Lipinski definition) is 1. The van der Waals surface area contributed by atoms with Gasteiger partial charge in [-0.05, 0) is 40.3 Å². The molecule has 0 bridgehead atoms. The minimum atomic E-state index is -1.35. The lowest BCUT2D eigenvalue weighted by atomic mass is 9.88. The third-order valence-electron chi connectivity index (χ3n) is 11.1. The van der Waals surface area contributed by atoms with Gasteiger partial charge in [0, 0.05) is 6.07 Å². The molecular weight excluding hydrogens is 881 g/mol. The van der Waals surface area contributed by atoms with Crippen molar-refractivity contribution < 1.29 is 63.2 Å². The van der Waals surface area contributed by atoms with Gasteiger partial charge in [-0.3, -0.25) is 4.79 Å². The van der Waals surface area contributed by atoms with Crippen LogP contribution in [0.2, 0.25) is 0 Å². The monoisotopic (exact) mass is 934 g/mol. The molecular formula is C56H54O13. The fourth-order valence-electron chi connectivity index (χ4n) is 7.63. The highest BCUT2D eigenvalue weighted by atomic mass is 17.2. The number of rotatable bonds is 25. The van der Waals surface area contributed by atoms with E-state index in [2.05, 4.69) is 0 Å². The molecule has 1 fully saturated rings. The molecule has 13 heteroatoms. The summed E-state index contributed by atoms with van der Waals surface area (Å²) in [4.78, 5) is 62.3. The van der Waals surface area contributed by atoms with Gasteiger partial charge < -0.3 is 19.3 Å². The van der Waals surface area contributed by atoms with Gasteiger partial charge in [-0.2, -0.15) is 0 Å². The number of ketones is 1. The van der Waals surface area contributed by atoms with E-state index in [0.717, 1.165) is 33.4 Å². The van der Waals surface area contributed by atoms with Crippen LogP contribution in [0.4, 0.5) is 0 Å². The summed E-state index contributed by atoms with van der Waals surface area (Å²) in [5, 5.41) is 12.6. The number of ether oxygens (including phenoxy) is 3. The summed E-state index contributed by atoms with van der Waals surface area (Å²) >= 11 is 0. The fourth-order valence-corrected chi connectivity index (χ4v) is 7.63. The molecule has 0 aliphatic carbocycles. The standard InChI is InChI=1S/C56H54O13/c1-40(57)50-47(59-33-41-20-8-2-9-21-41)32-48(60-34-42-22-10-3-11-23-42)51(52(50)58)54-56(69-65-38-46-30-18-7-19-31-46)55(68-64-37-45-28-16-6-17-29-45)53(67-63-36-44-26-14-5-15-27-44)49(66-54)39-62-61-35-43-24-12-4-13-25-43/h2-32,49,53-56,58H,33-39H2,1H3/t49-,53+,54+,55+,56+/m1/s1. The molecule has 0 saturated carbocycles. The number of phenolic OH excluding ortho intramolecular Hbond substituents is 1. The summed E-state index contributed by atoms with van der Waals surface area (Å²) in [6, 6.07) is 58.4. The van der Waals surface area contributed by atoms with Crippen LogP contribution in [0.15, 0.2) is 188 Å². The molecule has 7 aromatic carbocycles. The maximum atomic E-state index is 13.7. The molecule has 0 unspecified atom stereocenters. The average Bonchev–Trinajstić information content (AvgIpc) is 3.39. The second-order valence-corrected chi connectivity index (χ2v) is 16.2. The Hall–Kier alpha value is -6.75. The Bertz CT molecular complexity index is 2590. The molecule has 356 valence electrons. The van der Waals surface area contributed by atoms with Crippen LogP contribution in [0.5, 0.6) is 17.2 Å². The van der Waals surface area contributed by atoms with Crippen molar-refractivity contribution in [3.63, 3.8) is 0 Å². The van der Waals surface area contributed by atoms with Crippen LogP contribution in [0.3, 0.4) is 0 Å². The second kappa shape index (κ2) is 25.6. The van der Waals surface area contributed by atoms with Crippen LogP contribution in [0.25, 0.3) is 0 Å². The van der Waals surface area contributed by atoms with Crippen LogP contribution in [0, 0.1) is 0 Å². The van der Waals surface area contributed by atoms with Crippen molar-refractivity contribution in [3.8, 4) is 17.2 Å². The topological polar surface area (TPSA) is 139 Å². The number of phenols is 1. The fraction of sp³-hybridized carbons (Fsp3) is 0.232. The summed E-state index contributed by atoms with van der Waals surface area (Å²) in [5.41, 5.74) is 4.92. The lowest BCUT2D eigenvalue weighted by molar-refractivity contribution is -0.472. The van der Waals surface area contributed by atoms with E-state index in [9.17, 15) is 9.90 Å². The molecule has 0 amide bonds. The van der Waals surface area contributed by atoms with Gasteiger partial charge in [-0.1, -0.05) is 182 Å². The van der Waals surface area contributed by atoms with Gasteiger partial charge in [0.2, 0.25) is 0 Å². The summed E-state index contributed by atoms with van der Waals surface area (Å²) in [6.07, 6.45) is -6.23. The van der Waals surface area contributed by atoms with Gasteiger partial charge in [0.15, 0.2) is 24.1 Å². The quantitative estimate of drug-likeness (QED) is 0.0252. The summed E-state index contributed by atoms with van der Waals surface area (Å²) in [5.74, 6) is -0.743. The van der Waals surface area contributed by atoms with Crippen molar-refractivity contribution in [2.75, 3.05) is 6.61 Å². The Morgan fingerprint density at radius 1 is 0.449 bits per heavy atom. The van der Waals surface area contributed by atoms with E-state index in [-0.39, 0.29) is 68.9 Å². The number of benzene rings is 7. The van der Waals surface area contributed by atoms with E-state index in [0.29, 0.717) is 0 Å². The smallest absolute Gasteiger partial charge is 0.167 e. The summed E-state index contributed by atoms with van der Waals surface area (Å²) in [6.45, 7) is 1.45. The van der Waals surface area contributed by atoms with E-state index in [1.165, 1.54) is 6.92 Å². The minimum absolute atomic E-state index is 0.00581. The van der Waals surface area contributed by atoms with Crippen molar-refractivity contribution in [3.05, 3.63) is 233 Å². The highest BCUT2D eigenvalue weighted by molar-refractivity contribution is 6.00. The molecule has 0 spiro atoms. The van der Waals surface area contributed by atoms with Crippen molar-refractivity contribution in [2.24, 2.45) is 0 Å². The highest BCUT2D eigenvalue weighted by Crippen LogP contribution is 2.49. The zero-order valence-corrected chi connectivity index (χ0v) is 38.1. The van der Waals surface area contributed by atoms with Crippen molar-refractivity contribution >= 4 is 5.78 Å². The molecule has 7 aromatic rings. The van der Waals surface area contributed by atoms with Crippen LogP contribution < -0.4 is 9.47 Å². The maximum Gasteiger partial charge on any atom is 0.167 e. The number of carbonyl (C=O) groups excluding carboxylic acids is 1. The average molecular weight is 935 g/mol. The molecule has 13 nitrogen and oxygen atoms in total. The molecule has 1 heterocycles. The first-order valence-corrected chi connectivity index (χ1v) is 22.6. The number of Topliss-reactive ketones (excluding diaryl/α,β-unsaturated/α-hetero) is 1. The van der Waals surface area contributed by atoms with Crippen LogP contribution in [0.1, 0.15) is 62.3 Å². The third kappa shape index (κ3) is 13.9. The van der Waals surface area contributed by atoms with E-state index < -0.39 is 42.1 Å². The van der Waals surface area contributed by atoms with Gasteiger partial charge in [-0.25, -0.2) is 39.1 Å². The Morgan fingerprint density at radius 3 is 1.23 bits per heavy atom. The third-order valence-corrected chi connectivity index (χ3v) is 11.1. The van der Waals surface area contributed by atoms with Gasteiger partial charge in [-0.15, -0.1) is 0 Å². The van der Waals surface area contributed by atoms with Crippen molar-refractivity contribution in [1.29, 1.82) is 0 Å². The van der Waals surface area contributed by atoms with E-state index in [1.807, 2.05) is 182 Å². The zero-order chi connectivity index (χ0) is 47.5. The SMILES string of the molecule is CC(=O)c1c(OCc2ccccc2)cc(OCc2ccccc2)c([C@@H]2O[C@H](COOCc3ccccc3)[C@H](OOCc3ccccc3)[C@H](OOCc3ccccc3)[C@H]2OOCc2ccccc2)c1O. The Kier molecular flexibility index (Phi) is 18.0. The Balaban J connectivity index is 1.22. The molecule has 0 aromatic heterocycles. The number of aromatic hydroxyl groups is 1. The lowest BCUT2D eigenvalue weighted by Gasteiger charge is -2.44. The van der Waals surface area contributed by atoms with Gasteiger partial charge in [0.05, 0.1) is 5.56 Å². The van der Waals surface area contributed by atoms with E-state index >= 15 is 0 Å². The molecule has 1 aliphatic rings. The molecule has 1 saturated heterocycles. The molecule has 1 N–H and O–H groups in total. The maximum absolute atomic E-state index is 13.7. The van der Waals surface area contributed by atoms with Gasteiger partial charge >= 0.3 is 0 Å². The minimum Gasteiger partial charge on any atom is -0.507 e. The van der Waals surface area contributed by atoms with Gasteiger partial charge in [0.1, 0.15) is 81.3 Å². The van der Waals surface area contributed by atoms with E-state index in [1.54, 1.807) is 6.07 Å². The van der Waals surface area contributed by atoms with Crippen molar-refractivity contribution in [1.82, 2.24) is 0 Å². The Labute approximate surface area is 401 Å². The first-order valence-electron chi connectivity index (χ1n) is 22.6. The second-order valence-electron chi connectivity index (χ2n) is 16.2. The Morgan fingerprint density at radius 2 is 0.812 bits per heavy atom. The number of carbonyl (C=O) groups is 1. The summed E-state index contributed by atoms with van der Waals surface area (Å²) < 4.78 is 19.9. The van der Waals surface area contributed by atoms with Gasteiger partial charge in [0.25, 0.3) is 0 Å². The highest BCUT2D eigenvalue weighted by Gasteiger charge is 2.53. The number of hydrogen-bond acceptors (Lipinski definition) is 13. The molecule has 69 heavy (non-hydrogen) atoms. The predicted molar refractivity (Wildman–Crippen MR) is 253 cm³/mol. The molecule has 5 atom stereocenters. The van der Waals surface area contributed by atoms with E-state index in [4.69, 9.17) is 53.3 Å². The molecule has 0 radical (unpaired) electrons. The van der Waals surface area contributed by atoms with Crippen LogP contribution >= 0.6 is 0 Å². The summed E-state index contributed by atoms with van der Waals surface area (Å²) in [7, 11) is 0. The molecule has 8 rings (SSSR count). The van der Waals surface area contributed by atoms with Crippen LogP contribution in [-0.2, 0) is 83.5 Å². The largest absolute Gasteiger partial charge is 0.507 e. The zero-order valence-electron chi connectivity index (χ0n) is 38.1. The first kappa shape index (κ1) is 48.7. The van der Waals surface area contributed by atoms with Crippen molar-refractivity contribution in [2.45, 2.75) is 77.1 Å².